The summed E-state index contributed by atoms with van der Waals surface area (Å²) >= 11 is 6.35. The summed E-state index contributed by atoms with van der Waals surface area (Å²) < 4.78 is 51.2. The van der Waals surface area contributed by atoms with Crippen molar-refractivity contribution in [2.24, 2.45) is 0 Å². The average Bonchev–Trinajstić information content (AvgIpc) is 2.26. The lowest BCUT2D eigenvalue weighted by Crippen LogP contribution is -2.34. The van der Waals surface area contributed by atoms with E-state index in [-0.39, 0.29) is 18.0 Å². The summed E-state index contributed by atoms with van der Waals surface area (Å²) in [5, 5.41) is 0. The lowest BCUT2D eigenvalue weighted by Gasteiger charge is -2.09. The molecule has 0 atom stereocenters. The second kappa shape index (κ2) is 6.64. The van der Waals surface area contributed by atoms with E-state index in [1.165, 1.54) is 6.07 Å². The highest BCUT2D eigenvalue weighted by molar-refractivity contribution is 9.11. The molecule has 0 bridgehead atoms. The second-order valence-electron chi connectivity index (χ2n) is 3.64. The summed E-state index contributed by atoms with van der Waals surface area (Å²) in [4.78, 5) is 0.0845. The number of benzene rings is 1. The Labute approximate surface area is 129 Å². The molecule has 6 nitrogen and oxygen atoms in total. The molecular formula is C9H12Br2N2O4S2. The summed E-state index contributed by atoms with van der Waals surface area (Å²) in [5.74, 6) is 0. The molecule has 19 heavy (non-hydrogen) atoms. The molecule has 0 radical (unpaired) electrons. The van der Waals surface area contributed by atoms with Crippen molar-refractivity contribution in [2.45, 2.75) is 4.90 Å². The molecule has 0 amide bonds. The highest BCUT2D eigenvalue weighted by Gasteiger charge is 2.17. The van der Waals surface area contributed by atoms with E-state index in [4.69, 9.17) is 0 Å². The van der Waals surface area contributed by atoms with Gasteiger partial charge in [0.2, 0.25) is 20.0 Å². The first-order valence-electron chi connectivity index (χ1n) is 5.01. The van der Waals surface area contributed by atoms with Gasteiger partial charge in [-0.3, -0.25) is 0 Å². The minimum Gasteiger partial charge on any atom is -0.214 e. The fourth-order valence-electron chi connectivity index (χ4n) is 1.18. The highest BCUT2D eigenvalue weighted by Crippen LogP contribution is 2.25. The smallest absolute Gasteiger partial charge is 0.214 e. The van der Waals surface area contributed by atoms with E-state index < -0.39 is 20.0 Å². The summed E-state index contributed by atoms with van der Waals surface area (Å²) in [5.41, 5.74) is 0. The number of hydrogen-bond donors (Lipinski definition) is 2. The van der Waals surface area contributed by atoms with Gasteiger partial charge in [0.05, 0.1) is 11.2 Å². The van der Waals surface area contributed by atoms with Crippen LogP contribution >= 0.6 is 31.9 Å². The Morgan fingerprint density at radius 3 is 2.21 bits per heavy atom. The van der Waals surface area contributed by atoms with E-state index in [9.17, 15) is 16.8 Å². The largest absolute Gasteiger partial charge is 0.241 e. The van der Waals surface area contributed by atoms with Crippen LogP contribution in [0, 0.1) is 0 Å². The van der Waals surface area contributed by atoms with Gasteiger partial charge >= 0.3 is 0 Å². The minimum atomic E-state index is -3.69. The highest BCUT2D eigenvalue weighted by atomic mass is 79.9. The van der Waals surface area contributed by atoms with Gasteiger partial charge in [-0.05, 0) is 34.1 Å². The van der Waals surface area contributed by atoms with E-state index in [1.807, 2.05) is 0 Å². The normalized spacial score (nSPS) is 12.6. The molecule has 0 aliphatic rings. The molecule has 10 heteroatoms. The van der Waals surface area contributed by atoms with E-state index in [1.54, 1.807) is 12.1 Å². The van der Waals surface area contributed by atoms with Crippen LogP contribution in [-0.4, -0.2) is 36.2 Å². The third kappa shape index (κ3) is 5.88. The quantitative estimate of drug-likeness (QED) is 0.653. The second-order valence-corrected chi connectivity index (χ2v) is 8.98. The van der Waals surface area contributed by atoms with Crippen molar-refractivity contribution >= 4 is 51.9 Å². The number of halogens is 2. The molecule has 0 saturated carbocycles. The fourth-order valence-corrected chi connectivity index (χ4v) is 4.19. The fraction of sp³-hybridized carbons (Fsp3) is 0.333. The molecule has 1 rings (SSSR count). The summed E-state index contributed by atoms with van der Waals surface area (Å²) in [7, 11) is -7.02. The molecule has 0 unspecified atom stereocenters. The van der Waals surface area contributed by atoms with E-state index in [2.05, 4.69) is 41.3 Å². The monoisotopic (exact) mass is 434 g/mol. The van der Waals surface area contributed by atoms with Crippen molar-refractivity contribution in [3.8, 4) is 0 Å². The molecule has 2 N–H and O–H groups in total. The van der Waals surface area contributed by atoms with Gasteiger partial charge in [0.25, 0.3) is 0 Å². The van der Waals surface area contributed by atoms with Gasteiger partial charge in [0, 0.05) is 22.0 Å². The topological polar surface area (TPSA) is 92.3 Å². The van der Waals surface area contributed by atoms with Gasteiger partial charge in [-0.1, -0.05) is 15.9 Å². The Bertz CT molecular complexity index is 659. The lowest BCUT2D eigenvalue weighted by atomic mass is 10.4. The van der Waals surface area contributed by atoms with Crippen molar-refractivity contribution in [2.75, 3.05) is 19.3 Å². The first kappa shape index (κ1) is 17.1. The summed E-state index contributed by atoms with van der Waals surface area (Å²) in [6.07, 6.45) is 1.01. The summed E-state index contributed by atoms with van der Waals surface area (Å²) in [6, 6.07) is 4.76. The molecule has 0 aromatic heterocycles. The maximum absolute atomic E-state index is 12.0. The molecule has 1 aromatic carbocycles. The SMILES string of the molecule is CS(=O)(=O)NCCNS(=O)(=O)c1cc(Br)ccc1Br. The van der Waals surface area contributed by atoms with Crippen LogP contribution in [0.25, 0.3) is 0 Å². The standard InChI is InChI=1S/C9H12Br2N2O4S2/c1-18(14,15)12-4-5-13-19(16,17)9-6-7(10)2-3-8(9)11/h2-3,6,12-13H,4-5H2,1H3. The average molecular weight is 436 g/mol. The Kier molecular flexibility index (Phi) is 5.96. The number of nitrogens with one attached hydrogen (secondary N) is 2. The van der Waals surface area contributed by atoms with Crippen LogP contribution in [0.5, 0.6) is 0 Å². The van der Waals surface area contributed by atoms with Crippen LogP contribution in [0.15, 0.2) is 32.0 Å². The molecule has 0 saturated heterocycles. The molecule has 0 spiro atoms. The zero-order chi connectivity index (χ0) is 14.7. The third-order valence-corrected chi connectivity index (χ3v) is 5.64. The van der Waals surface area contributed by atoms with Crippen molar-refractivity contribution < 1.29 is 16.8 Å². The molecule has 0 aliphatic heterocycles. The predicted octanol–water partition coefficient (Wildman–Crippen LogP) is 1.04. The zero-order valence-electron chi connectivity index (χ0n) is 9.85. The van der Waals surface area contributed by atoms with E-state index >= 15 is 0 Å². The van der Waals surface area contributed by atoms with Crippen molar-refractivity contribution in [1.29, 1.82) is 0 Å². The predicted molar refractivity (Wildman–Crippen MR) is 79.9 cm³/mol. The molecule has 0 aliphatic carbocycles. The Balaban J connectivity index is 2.74. The van der Waals surface area contributed by atoms with Crippen LogP contribution in [0.4, 0.5) is 0 Å². The van der Waals surface area contributed by atoms with Gasteiger partial charge in [-0.15, -0.1) is 0 Å². The Morgan fingerprint density at radius 1 is 1.05 bits per heavy atom. The van der Waals surface area contributed by atoms with Crippen LogP contribution in [-0.2, 0) is 20.0 Å². The third-order valence-electron chi connectivity index (χ3n) is 1.96. The van der Waals surface area contributed by atoms with Crippen LogP contribution in [0.1, 0.15) is 0 Å². The van der Waals surface area contributed by atoms with Crippen molar-refractivity contribution in [3.63, 3.8) is 0 Å². The van der Waals surface area contributed by atoms with Gasteiger partial charge < -0.3 is 0 Å². The van der Waals surface area contributed by atoms with Crippen LogP contribution < -0.4 is 9.44 Å². The first-order valence-corrected chi connectivity index (χ1v) is 9.97. The van der Waals surface area contributed by atoms with Gasteiger partial charge in [-0.25, -0.2) is 26.3 Å². The van der Waals surface area contributed by atoms with Crippen molar-refractivity contribution in [1.82, 2.24) is 9.44 Å². The van der Waals surface area contributed by atoms with Crippen LogP contribution in [0.2, 0.25) is 0 Å². The maximum atomic E-state index is 12.0. The number of hydrogen-bond acceptors (Lipinski definition) is 4. The van der Waals surface area contributed by atoms with Gasteiger partial charge in [0.1, 0.15) is 0 Å². The lowest BCUT2D eigenvalue weighted by molar-refractivity contribution is 0.573. The van der Waals surface area contributed by atoms with Crippen molar-refractivity contribution in [3.05, 3.63) is 27.1 Å². The van der Waals surface area contributed by atoms with Gasteiger partial charge in [-0.2, -0.15) is 0 Å². The minimum absolute atomic E-state index is 0.0102. The molecule has 108 valence electrons. The summed E-state index contributed by atoms with van der Waals surface area (Å²) in [6.45, 7) is -0.0436. The zero-order valence-corrected chi connectivity index (χ0v) is 14.7. The molecule has 1 aromatic rings. The van der Waals surface area contributed by atoms with Crippen LogP contribution in [0.3, 0.4) is 0 Å². The van der Waals surface area contributed by atoms with E-state index in [0.717, 1.165) is 6.26 Å². The Hall–Kier alpha value is -0.000000000000000111. The van der Waals surface area contributed by atoms with E-state index in [0.29, 0.717) is 8.95 Å². The van der Waals surface area contributed by atoms with Gasteiger partial charge in [0.15, 0.2) is 0 Å². The number of rotatable bonds is 6. The number of sulfonamides is 2. The molecule has 0 fully saturated rings. The Morgan fingerprint density at radius 2 is 1.63 bits per heavy atom. The molecular weight excluding hydrogens is 424 g/mol. The first-order chi connectivity index (χ1) is 8.62. The molecule has 0 heterocycles. The maximum Gasteiger partial charge on any atom is 0.241 e.